The van der Waals surface area contributed by atoms with E-state index in [1.165, 1.54) is 0 Å². The molecule has 5 nitrogen and oxygen atoms in total. The monoisotopic (exact) mass is 409 g/mol. The third kappa shape index (κ3) is 3.96. The van der Waals surface area contributed by atoms with Crippen LogP contribution in [0.3, 0.4) is 0 Å². The summed E-state index contributed by atoms with van der Waals surface area (Å²) in [6.07, 6.45) is 0. The van der Waals surface area contributed by atoms with Gasteiger partial charge in [0.05, 0.1) is 11.6 Å². The fourth-order valence-electron chi connectivity index (χ4n) is 2.70. The molecule has 3 rings (SSSR count). The van der Waals surface area contributed by atoms with E-state index >= 15 is 0 Å². The van der Waals surface area contributed by atoms with Crippen molar-refractivity contribution in [1.82, 2.24) is 10.6 Å². The lowest BCUT2D eigenvalue weighted by Crippen LogP contribution is -2.46. The third-order valence-electron chi connectivity index (χ3n) is 3.89. The van der Waals surface area contributed by atoms with Gasteiger partial charge < -0.3 is 16.0 Å². The largest absolute Gasteiger partial charge is 0.327 e. The van der Waals surface area contributed by atoms with Crippen molar-refractivity contribution in [2.24, 2.45) is 0 Å². The highest BCUT2D eigenvalue weighted by Gasteiger charge is 2.32. The van der Waals surface area contributed by atoms with E-state index in [0.29, 0.717) is 37.6 Å². The first kappa shape index (κ1) is 18.6. The highest BCUT2D eigenvalue weighted by atomic mass is 35.5. The van der Waals surface area contributed by atoms with E-state index < -0.39 is 12.1 Å². The molecule has 0 bridgehead atoms. The van der Waals surface area contributed by atoms with Crippen molar-refractivity contribution in [2.45, 2.75) is 13.0 Å². The Hall–Kier alpha value is -2.21. The van der Waals surface area contributed by atoms with Crippen molar-refractivity contribution >= 4 is 52.4 Å². The first-order valence-corrected chi connectivity index (χ1v) is 8.78. The second-order valence-electron chi connectivity index (χ2n) is 5.70. The molecule has 1 aliphatic rings. The van der Waals surface area contributed by atoms with Crippen molar-refractivity contribution in [3.05, 3.63) is 74.4 Å². The van der Waals surface area contributed by atoms with Gasteiger partial charge in [-0.3, -0.25) is 4.79 Å². The molecule has 0 saturated heterocycles. The van der Waals surface area contributed by atoms with E-state index in [1.807, 2.05) is 0 Å². The van der Waals surface area contributed by atoms with Gasteiger partial charge in [-0.15, -0.1) is 0 Å². The highest BCUT2D eigenvalue weighted by molar-refractivity contribution is 6.35. The van der Waals surface area contributed by atoms with Gasteiger partial charge in [-0.05, 0) is 48.9 Å². The van der Waals surface area contributed by atoms with Gasteiger partial charge in [0, 0.05) is 26.5 Å². The molecule has 134 valence electrons. The van der Waals surface area contributed by atoms with Crippen LogP contribution >= 0.6 is 34.8 Å². The molecule has 8 heteroatoms. The number of benzene rings is 2. The number of hydrogen-bond acceptors (Lipinski definition) is 2. The van der Waals surface area contributed by atoms with Gasteiger partial charge in [0.25, 0.3) is 5.91 Å². The van der Waals surface area contributed by atoms with E-state index in [0.717, 1.165) is 0 Å². The highest BCUT2D eigenvalue weighted by Crippen LogP contribution is 2.33. The minimum atomic E-state index is -0.708. The lowest BCUT2D eigenvalue weighted by Gasteiger charge is -2.29. The van der Waals surface area contributed by atoms with E-state index in [1.54, 1.807) is 49.4 Å². The second-order valence-corrected chi connectivity index (χ2v) is 6.98. The topological polar surface area (TPSA) is 70.2 Å². The van der Waals surface area contributed by atoms with Gasteiger partial charge in [-0.25, -0.2) is 4.79 Å². The molecule has 0 radical (unpaired) electrons. The number of carbonyl (C=O) groups excluding carboxylic acids is 2. The summed E-state index contributed by atoms with van der Waals surface area (Å²) in [6.45, 7) is 1.66. The van der Waals surface area contributed by atoms with Crippen molar-refractivity contribution in [3.63, 3.8) is 0 Å². The fourth-order valence-corrected chi connectivity index (χ4v) is 3.34. The van der Waals surface area contributed by atoms with Crippen LogP contribution in [0.4, 0.5) is 10.5 Å². The lowest BCUT2D eigenvalue weighted by molar-refractivity contribution is -0.113. The molecule has 0 fully saturated rings. The average Bonchev–Trinajstić information content (AvgIpc) is 2.56. The Morgan fingerprint density at radius 2 is 1.69 bits per heavy atom. The molecule has 3 N–H and O–H groups in total. The SMILES string of the molecule is CC1=C(C(=O)Nc2ccc(Cl)cc2)C(c2ccc(Cl)cc2Cl)NC(=O)N1. The standard InChI is InChI=1S/C18H14Cl3N3O2/c1-9-15(17(25)23-12-5-2-10(19)3-6-12)16(24-18(26)22-9)13-7-4-11(20)8-14(13)21/h2-8,16H,1H3,(H,23,25)(H2,22,24,26). The molecule has 2 aromatic carbocycles. The molecule has 1 heterocycles. The summed E-state index contributed by atoms with van der Waals surface area (Å²) in [5.41, 5.74) is 1.95. The Labute approximate surface area is 165 Å². The smallest absolute Gasteiger partial charge is 0.319 e. The maximum absolute atomic E-state index is 12.9. The maximum Gasteiger partial charge on any atom is 0.319 e. The normalized spacial score (nSPS) is 16.8. The summed E-state index contributed by atoms with van der Waals surface area (Å²) in [4.78, 5) is 24.8. The Morgan fingerprint density at radius 3 is 2.35 bits per heavy atom. The molecular formula is C18H14Cl3N3O2. The van der Waals surface area contributed by atoms with Gasteiger partial charge in [0.1, 0.15) is 0 Å². The predicted octanol–water partition coefficient (Wildman–Crippen LogP) is 4.91. The number of allylic oxidation sites excluding steroid dienone is 1. The van der Waals surface area contributed by atoms with Gasteiger partial charge in [0.2, 0.25) is 0 Å². The van der Waals surface area contributed by atoms with E-state index in [2.05, 4.69) is 16.0 Å². The third-order valence-corrected chi connectivity index (χ3v) is 4.70. The fraction of sp³-hybridized carbons (Fsp3) is 0.111. The zero-order valence-corrected chi connectivity index (χ0v) is 15.8. The molecule has 0 spiro atoms. The molecule has 0 saturated carbocycles. The second kappa shape index (κ2) is 7.58. The molecule has 1 unspecified atom stereocenters. The number of urea groups is 1. The molecule has 0 aromatic heterocycles. The van der Waals surface area contributed by atoms with Crippen molar-refractivity contribution in [2.75, 3.05) is 5.32 Å². The number of nitrogens with one attached hydrogen (secondary N) is 3. The Morgan fingerprint density at radius 1 is 1.04 bits per heavy atom. The van der Waals surface area contributed by atoms with Gasteiger partial charge in [0.15, 0.2) is 0 Å². The summed E-state index contributed by atoms with van der Waals surface area (Å²) >= 11 is 18.1. The Balaban J connectivity index is 1.97. The van der Waals surface area contributed by atoms with Crippen LogP contribution < -0.4 is 16.0 Å². The molecule has 3 amide bonds. The first-order chi connectivity index (χ1) is 12.3. The van der Waals surface area contributed by atoms with Crippen LogP contribution in [0.5, 0.6) is 0 Å². The number of amides is 3. The number of carbonyl (C=O) groups is 2. The molecule has 1 atom stereocenters. The van der Waals surface area contributed by atoms with Gasteiger partial charge >= 0.3 is 6.03 Å². The summed E-state index contributed by atoms with van der Waals surface area (Å²) in [5, 5.41) is 9.53. The Kier molecular flexibility index (Phi) is 5.41. The number of halogens is 3. The summed E-state index contributed by atoms with van der Waals surface area (Å²) in [5.74, 6) is -0.367. The van der Waals surface area contributed by atoms with Crippen molar-refractivity contribution in [3.8, 4) is 0 Å². The molecule has 1 aliphatic heterocycles. The molecular weight excluding hydrogens is 397 g/mol. The van der Waals surface area contributed by atoms with E-state index in [9.17, 15) is 9.59 Å². The zero-order chi connectivity index (χ0) is 18.8. The quantitative estimate of drug-likeness (QED) is 0.672. The maximum atomic E-state index is 12.9. The molecule has 0 aliphatic carbocycles. The van der Waals surface area contributed by atoms with Crippen LogP contribution in [0.1, 0.15) is 18.5 Å². The minimum absolute atomic E-state index is 0.351. The molecule has 26 heavy (non-hydrogen) atoms. The van der Waals surface area contributed by atoms with Crippen molar-refractivity contribution < 1.29 is 9.59 Å². The van der Waals surface area contributed by atoms with Crippen LogP contribution in [0, 0.1) is 0 Å². The first-order valence-electron chi connectivity index (χ1n) is 7.65. The average molecular weight is 411 g/mol. The van der Waals surface area contributed by atoms with Gasteiger partial charge in [-0.2, -0.15) is 0 Å². The molecule has 2 aromatic rings. The number of anilines is 1. The van der Waals surface area contributed by atoms with Crippen LogP contribution in [-0.4, -0.2) is 11.9 Å². The van der Waals surface area contributed by atoms with Crippen LogP contribution in [0.15, 0.2) is 53.7 Å². The number of rotatable bonds is 3. The van der Waals surface area contributed by atoms with Gasteiger partial charge in [-0.1, -0.05) is 40.9 Å². The van der Waals surface area contributed by atoms with E-state index in [-0.39, 0.29) is 5.91 Å². The summed E-state index contributed by atoms with van der Waals surface area (Å²) in [7, 11) is 0. The summed E-state index contributed by atoms with van der Waals surface area (Å²) in [6, 6.07) is 10.5. The minimum Gasteiger partial charge on any atom is -0.327 e. The lowest BCUT2D eigenvalue weighted by atomic mass is 9.94. The Bertz CT molecular complexity index is 910. The summed E-state index contributed by atoms with van der Waals surface area (Å²) < 4.78 is 0. The van der Waals surface area contributed by atoms with Crippen LogP contribution in [0.2, 0.25) is 15.1 Å². The van der Waals surface area contributed by atoms with Crippen LogP contribution in [-0.2, 0) is 4.79 Å². The van der Waals surface area contributed by atoms with E-state index in [4.69, 9.17) is 34.8 Å². The predicted molar refractivity (Wildman–Crippen MR) is 104 cm³/mol. The number of hydrogen-bond donors (Lipinski definition) is 3. The van der Waals surface area contributed by atoms with Crippen LogP contribution in [0.25, 0.3) is 0 Å². The zero-order valence-electron chi connectivity index (χ0n) is 13.6. The van der Waals surface area contributed by atoms with Crippen molar-refractivity contribution in [1.29, 1.82) is 0 Å².